The largest absolute Gasteiger partial charge is 0.394 e. The molecule has 0 saturated heterocycles. The molecule has 4 aliphatic carbocycles. The molecule has 0 spiro atoms. The minimum absolute atomic E-state index is 0.119. The van der Waals surface area contributed by atoms with Crippen LogP contribution >= 0.6 is 0 Å². The molecule has 0 aromatic rings. The number of nitrogens with two attached hydrogens (primary N) is 1. The molecule has 0 aliphatic heterocycles. The smallest absolute Gasteiger partial charge is 0.129 e. The number of fused-ring (bicyclic) bond motifs is 5. The van der Waals surface area contributed by atoms with Gasteiger partial charge in [0.2, 0.25) is 0 Å². The first-order valence-electron chi connectivity index (χ1n) is 10.6. The Hall–Kier alpha value is -0.650. The van der Waals surface area contributed by atoms with Crippen molar-refractivity contribution in [2.45, 2.75) is 83.3 Å². The zero-order chi connectivity index (χ0) is 18.6. The second-order valence-corrected chi connectivity index (χ2v) is 9.88. The van der Waals surface area contributed by atoms with Crippen LogP contribution in [0.4, 0.5) is 0 Å². The molecule has 4 saturated carbocycles. The molecule has 0 aromatic heterocycles. The van der Waals surface area contributed by atoms with Crippen molar-refractivity contribution in [1.82, 2.24) is 0 Å². The SMILES string of the molecule is C[C@]12CC[C@H](O)C[C@H]1CC[C@@H]1[C@@H]2CC[C@]2(C)/C(=N/OCCN)CC[C@]12O. The molecule has 5 nitrogen and oxygen atoms in total. The van der Waals surface area contributed by atoms with Crippen molar-refractivity contribution in [2.75, 3.05) is 13.2 Å². The minimum Gasteiger partial charge on any atom is -0.394 e. The predicted molar refractivity (Wildman–Crippen MR) is 102 cm³/mol. The molecular weight excluding hydrogens is 328 g/mol. The third kappa shape index (κ3) is 2.50. The Balaban J connectivity index is 1.61. The van der Waals surface area contributed by atoms with Crippen LogP contribution in [0.3, 0.4) is 0 Å². The minimum atomic E-state index is -0.662. The number of nitrogens with zero attached hydrogens (tertiary/aromatic N) is 1. The standard InChI is InChI=1S/C21H36N2O3/c1-19-8-5-15(24)13-14(19)3-4-17-16(19)6-9-20(2)18(23-26-12-11-22)7-10-21(17,20)25/h14-17,24-25H,3-13,22H2,1-2H3/b23-18+/t14-,15+,16+,17-,19+,20-,21+/m1/s1. The first kappa shape index (κ1) is 18.7. The Morgan fingerprint density at radius 1 is 1.12 bits per heavy atom. The average Bonchev–Trinajstić information content (AvgIpc) is 2.88. The summed E-state index contributed by atoms with van der Waals surface area (Å²) in [6, 6.07) is 0. The van der Waals surface area contributed by atoms with E-state index in [9.17, 15) is 10.2 Å². The first-order chi connectivity index (χ1) is 12.3. The summed E-state index contributed by atoms with van der Waals surface area (Å²) in [6.45, 7) is 5.56. The maximum atomic E-state index is 11.9. The van der Waals surface area contributed by atoms with Gasteiger partial charge in [0.15, 0.2) is 0 Å². The van der Waals surface area contributed by atoms with Gasteiger partial charge < -0.3 is 20.8 Å². The van der Waals surface area contributed by atoms with E-state index in [0.717, 1.165) is 63.5 Å². The van der Waals surface area contributed by atoms with Crippen molar-refractivity contribution in [2.24, 2.45) is 39.5 Å². The van der Waals surface area contributed by atoms with Gasteiger partial charge in [0.05, 0.1) is 17.4 Å². The molecular formula is C21H36N2O3. The second kappa shape index (κ2) is 6.46. The van der Waals surface area contributed by atoms with Crippen LogP contribution in [0.15, 0.2) is 5.16 Å². The normalized spacial score (nSPS) is 52.3. The number of aliphatic hydroxyl groups is 2. The molecule has 4 N–H and O–H groups in total. The van der Waals surface area contributed by atoms with E-state index in [2.05, 4.69) is 19.0 Å². The number of hydrogen-bond acceptors (Lipinski definition) is 5. The molecule has 0 aromatic carbocycles. The number of oxime groups is 1. The molecule has 4 rings (SSSR count). The van der Waals surface area contributed by atoms with Gasteiger partial charge in [-0.05, 0) is 81.0 Å². The summed E-state index contributed by atoms with van der Waals surface area (Å²) >= 11 is 0. The van der Waals surface area contributed by atoms with E-state index in [1.807, 2.05) is 0 Å². The lowest BCUT2D eigenvalue weighted by Gasteiger charge is -2.62. The molecule has 7 atom stereocenters. The fraction of sp³-hybridized carbons (Fsp3) is 0.952. The van der Waals surface area contributed by atoms with Crippen LogP contribution in [0.25, 0.3) is 0 Å². The van der Waals surface area contributed by atoms with E-state index in [1.165, 1.54) is 0 Å². The maximum Gasteiger partial charge on any atom is 0.129 e. The number of rotatable bonds is 3. The molecule has 26 heavy (non-hydrogen) atoms. The van der Waals surface area contributed by atoms with Crippen LogP contribution in [0.1, 0.15) is 71.6 Å². The Kier molecular flexibility index (Phi) is 4.64. The van der Waals surface area contributed by atoms with Crippen molar-refractivity contribution in [3.05, 3.63) is 0 Å². The van der Waals surface area contributed by atoms with E-state index >= 15 is 0 Å². The van der Waals surface area contributed by atoms with Gasteiger partial charge in [0.1, 0.15) is 6.61 Å². The van der Waals surface area contributed by atoms with Crippen LogP contribution in [0.2, 0.25) is 0 Å². The van der Waals surface area contributed by atoms with E-state index in [0.29, 0.717) is 30.9 Å². The van der Waals surface area contributed by atoms with Crippen molar-refractivity contribution < 1.29 is 15.1 Å². The summed E-state index contributed by atoms with van der Waals surface area (Å²) in [5, 5.41) is 26.5. The van der Waals surface area contributed by atoms with Crippen molar-refractivity contribution in [3.8, 4) is 0 Å². The Morgan fingerprint density at radius 3 is 2.69 bits per heavy atom. The topological polar surface area (TPSA) is 88.1 Å². The monoisotopic (exact) mass is 364 g/mol. The average molecular weight is 365 g/mol. The van der Waals surface area contributed by atoms with Gasteiger partial charge in [-0.25, -0.2) is 0 Å². The predicted octanol–water partition coefficient (Wildman–Crippen LogP) is 2.84. The highest BCUT2D eigenvalue weighted by Crippen LogP contribution is 2.67. The summed E-state index contributed by atoms with van der Waals surface area (Å²) in [5.41, 5.74) is 5.90. The lowest BCUT2D eigenvalue weighted by molar-refractivity contribution is -0.191. The summed E-state index contributed by atoms with van der Waals surface area (Å²) < 4.78 is 0. The fourth-order valence-corrected chi connectivity index (χ4v) is 7.31. The zero-order valence-electron chi connectivity index (χ0n) is 16.4. The lowest BCUT2D eigenvalue weighted by Crippen LogP contribution is -2.62. The van der Waals surface area contributed by atoms with Crippen LogP contribution in [0.5, 0.6) is 0 Å². The highest BCUT2D eigenvalue weighted by atomic mass is 16.6. The number of hydrogen-bond donors (Lipinski definition) is 3. The Bertz CT molecular complexity index is 582. The van der Waals surface area contributed by atoms with Gasteiger partial charge >= 0.3 is 0 Å². The first-order valence-corrected chi connectivity index (χ1v) is 10.6. The Morgan fingerprint density at radius 2 is 1.92 bits per heavy atom. The fourth-order valence-electron chi connectivity index (χ4n) is 7.31. The third-order valence-electron chi connectivity index (χ3n) is 8.95. The van der Waals surface area contributed by atoms with E-state index in [-0.39, 0.29) is 16.9 Å². The van der Waals surface area contributed by atoms with Gasteiger partial charge in [-0.15, -0.1) is 0 Å². The Labute approximate surface area is 157 Å². The molecule has 0 unspecified atom stereocenters. The lowest BCUT2D eigenvalue weighted by atomic mass is 9.44. The summed E-state index contributed by atoms with van der Waals surface area (Å²) in [7, 11) is 0. The zero-order valence-corrected chi connectivity index (χ0v) is 16.4. The van der Waals surface area contributed by atoms with E-state index in [1.54, 1.807) is 0 Å². The summed E-state index contributed by atoms with van der Waals surface area (Å²) in [6.07, 6.45) is 8.87. The van der Waals surface area contributed by atoms with Crippen LogP contribution in [-0.2, 0) is 4.84 Å². The second-order valence-electron chi connectivity index (χ2n) is 9.88. The molecule has 5 heteroatoms. The molecule has 148 valence electrons. The van der Waals surface area contributed by atoms with Gasteiger partial charge in [0, 0.05) is 12.0 Å². The van der Waals surface area contributed by atoms with Crippen molar-refractivity contribution in [3.63, 3.8) is 0 Å². The van der Waals surface area contributed by atoms with Crippen LogP contribution in [-0.4, -0.2) is 40.8 Å². The van der Waals surface area contributed by atoms with Gasteiger partial charge in [-0.3, -0.25) is 0 Å². The molecule has 0 heterocycles. The van der Waals surface area contributed by atoms with Crippen molar-refractivity contribution in [1.29, 1.82) is 0 Å². The summed E-state index contributed by atoms with van der Waals surface area (Å²) in [4.78, 5) is 5.40. The molecule has 0 radical (unpaired) electrons. The third-order valence-corrected chi connectivity index (χ3v) is 8.95. The van der Waals surface area contributed by atoms with Crippen LogP contribution in [0, 0.1) is 28.6 Å². The van der Waals surface area contributed by atoms with E-state index < -0.39 is 5.60 Å². The van der Waals surface area contributed by atoms with Gasteiger partial charge in [-0.2, -0.15) is 0 Å². The van der Waals surface area contributed by atoms with Crippen molar-refractivity contribution >= 4 is 5.71 Å². The maximum absolute atomic E-state index is 11.9. The molecule has 4 fully saturated rings. The highest BCUT2D eigenvalue weighted by Gasteiger charge is 2.66. The quantitative estimate of drug-likeness (QED) is 0.531. The highest BCUT2D eigenvalue weighted by molar-refractivity contribution is 5.93. The molecule has 0 amide bonds. The molecule has 4 aliphatic rings. The summed E-state index contributed by atoms with van der Waals surface area (Å²) in [5.74, 6) is 1.53. The van der Waals surface area contributed by atoms with Gasteiger partial charge in [0.25, 0.3) is 0 Å². The molecule has 0 bridgehead atoms. The van der Waals surface area contributed by atoms with E-state index in [4.69, 9.17) is 10.6 Å². The van der Waals surface area contributed by atoms with Gasteiger partial charge in [-0.1, -0.05) is 19.0 Å². The number of aliphatic hydroxyl groups excluding tert-OH is 1. The van der Waals surface area contributed by atoms with Crippen LogP contribution < -0.4 is 5.73 Å².